The Morgan fingerprint density at radius 1 is 0.889 bits per heavy atom. The zero-order chi connectivity index (χ0) is 14.4. The van der Waals surface area contributed by atoms with Crippen LogP contribution in [0.5, 0.6) is 0 Å². The highest BCUT2D eigenvalue weighted by Crippen LogP contribution is 1.95. The van der Waals surface area contributed by atoms with Gasteiger partial charge in [-0.2, -0.15) is 0 Å². The van der Waals surface area contributed by atoms with Gasteiger partial charge in [-0.1, -0.05) is 75.4 Å². The van der Waals surface area contributed by atoms with Crippen LogP contribution in [0.25, 0.3) is 0 Å². The van der Waals surface area contributed by atoms with Gasteiger partial charge in [0.1, 0.15) is 0 Å². The summed E-state index contributed by atoms with van der Waals surface area (Å²) >= 11 is 0. The standard InChI is InChI=1S/C7H8.C6H14.C4H10O/c1-7-5-3-2-4-6-7;1-3-5-6-4-2;1-4(2,3)5/h2-6H,1H3;3-6H2,1-2H3;5H,1-3H3. The first-order chi connectivity index (χ1) is 8.31. The van der Waals surface area contributed by atoms with Crippen LogP contribution in [0.4, 0.5) is 0 Å². The molecule has 0 radical (unpaired) electrons. The molecule has 0 fully saturated rings. The number of hydrogen-bond donors (Lipinski definition) is 1. The molecule has 0 saturated carbocycles. The van der Waals surface area contributed by atoms with Gasteiger partial charge in [-0.05, 0) is 27.7 Å². The van der Waals surface area contributed by atoms with Crippen molar-refractivity contribution in [1.82, 2.24) is 0 Å². The van der Waals surface area contributed by atoms with Gasteiger partial charge in [0.25, 0.3) is 0 Å². The highest BCUT2D eigenvalue weighted by molar-refractivity contribution is 5.11. The van der Waals surface area contributed by atoms with E-state index in [1.54, 1.807) is 20.8 Å². The molecule has 18 heavy (non-hydrogen) atoms. The largest absolute Gasteiger partial charge is 0.391 e. The van der Waals surface area contributed by atoms with Crippen molar-refractivity contribution in [2.24, 2.45) is 0 Å². The molecule has 1 aromatic carbocycles. The Labute approximate surface area is 114 Å². The minimum atomic E-state index is -0.500. The average molecular weight is 252 g/mol. The van der Waals surface area contributed by atoms with E-state index in [-0.39, 0.29) is 0 Å². The minimum Gasteiger partial charge on any atom is -0.391 e. The third kappa shape index (κ3) is 29.5. The van der Waals surface area contributed by atoms with Crippen LogP contribution < -0.4 is 0 Å². The van der Waals surface area contributed by atoms with Gasteiger partial charge in [-0.15, -0.1) is 0 Å². The molecule has 1 aromatic rings. The van der Waals surface area contributed by atoms with E-state index in [1.165, 1.54) is 31.2 Å². The van der Waals surface area contributed by atoms with Crippen molar-refractivity contribution < 1.29 is 5.11 Å². The number of benzene rings is 1. The Balaban J connectivity index is 0. The first-order valence-corrected chi connectivity index (χ1v) is 7.05. The van der Waals surface area contributed by atoms with Crippen LogP contribution >= 0.6 is 0 Å². The summed E-state index contributed by atoms with van der Waals surface area (Å²) in [5.41, 5.74) is 0.822. The van der Waals surface area contributed by atoms with Crippen LogP contribution in [0.15, 0.2) is 30.3 Å². The van der Waals surface area contributed by atoms with Crippen molar-refractivity contribution >= 4 is 0 Å². The third-order valence-corrected chi connectivity index (χ3v) is 1.90. The SMILES string of the molecule is CC(C)(C)O.CCCCCC.Cc1ccccc1. The molecule has 0 aliphatic carbocycles. The second-order valence-corrected chi connectivity index (χ2v) is 5.53. The molecule has 0 aliphatic rings. The van der Waals surface area contributed by atoms with E-state index in [0.29, 0.717) is 0 Å². The molecular weight excluding hydrogens is 220 g/mol. The van der Waals surface area contributed by atoms with E-state index in [0.717, 1.165) is 0 Å². The lowest BCUT2D eigenvalue weighted by atomic mass is 10.2. The van der Waals surface area contributed by atoms with Crippen molar-refractivity contribution in [2.75, 3.05) is 0 Å². The summed E-state index contributed by atoms with van der Waals surface area (Å²) in [7, 11) is 0. The molecule has 0 bridgehead atoms. The van der Waals surface area contributed by atoms with Crippen molar-refractivity contribution in [3.05, 3.63) is 35.9 Å². The maximum absolute atomic E-state index is 8.52. The highest BCUT2D eigenvalue weighted by Gasteiger charge is 1.97. The molecule has 0 aromatic heterocycles. The Morgan fingerprint density at radius 2 is 1.22 bits per heavy atom. The van der Waals surface area contributed by atoms with Crippen LogP contribution in [0.1, 0.15) is 65.9 Å². The molecule has 0 heterocycles. The molecule has 106 valence electrons. The zero-order valence-corrected chi connectivity index (χ0v) is 13.2. The summed E-state index contributed by atoms with van der Waals surface area (Å²) in [4.78, 5) is 0. The predicted octanol–water partition coefficient (Wildman–Crippen LogP) is 5.36. The monoisotopic (exact) mass is 252 g/mol. The Hall–Kier alpha value is -0.820. The quantitative estimate of drug-likeness (QED) is 0.718. The number of unbranched alkanes of at least 4 members (excludes halogenated alkanes) is 3. The van der Waals surface area contributed by atoms with Crippen LogP contribution in [-0.2, 0) is 0 Å². The molecular formula is C17H32O. The van der Waals surface area contributed by atoms with Gasteiger partial charge in [0.05, 0.1) is 5.60 Å². The average Bonchev–Trinajstić information content (AvgIpc) is 2.26. The fraction of sp³-hybridized carbons (Fsp3) is 0.647. The summed E-state index contributed by atoms with van der Waals surface area (Å²) < 4.78 is 0. The molecule has 0 saturated heterocycles. The lowest BCUT2D eigenvalue weighted by Gasteiger charge is -2.04. The molecule has 1 nitrogen and oxygen atoms in total. The normalized spacial score (nSPS) is 9.72. The van der Waals surface area contributed by atoms with E-state index in [9.17, 15) is 0 Å². The van der Waals surface area contributed by atoms with Crippen LogP contribution in [0.2, 0.25) is 0 Å². The maximum atomic E-state index is 8.52. The van der Waals surface area contributed by atoms with Gasteiger partial charge in [0.15, 0.2) is 0 Å². The lowest BCUT2D eigenvalue weighted by molar-refractivity contribution is 0.102. The maximum Gasteiger partial charge on any atom is 0.0563 e. The number of aryl methyl sites for hydroxylation is 1. The smallest absolute Gasteiger partial charge is 0.0563 e. The number of hydrogen-bond acceptors (Lipinski definition) is 1. The minimum absolute atomic E-state index is 0.500. The molecule has 1 N–H and O–H groups in total. The van der Waals surface area contributed by atoms with Gasteiger partial charge in [-0.25, -0.2) is 0 Å². The zero-order valence-electron chi connectivity index (χ0n) is 13.2. The van der Waals surface area contributed by atoms with E-state index < -0.39 is 5.60 Å². The predicted molar refractivity (Wildman–Crippen MR) is 83.0 cm³/mol. The summed E-state index contributed by atoms with van der Waals surface area (Å²) in [6.45, 7) is 11.8. The molecule has 0 spiro atoms. The summed E-state index contributed by atoms with van der Waals surface area (Å²) in [5, 5.41) is 8.52. The summed E-state index contributed by atoms with van der Waals surface area (Å²) in [6.07, 6.45) is 5.54. The fourth-order valence-corrected chi connectivity index (χ4v) is 1.03. The molecule has 1 rings (SSSR count). The second kappa shape index (κ2) is 12.6. The van der Waals surface area contributed by atoms with Crippen molar-refractivity contribution in [3.63, 3.8) is 0 Å². The summed E-state index contributed by atoms with van der Waals surface area (Å²) in [6, 6.07) is 10.3. The van der Waals surface area contributed by atoms with Gasteiger partial charge in [0.2, 0.25) is 0 Å². The van der Waals surface area contributed by atoms with Gasteiger partial charge < -0.3 is 5.11 Å². The fourth-order valence-electron chi connectivity index (χ4n) is 1.03. The van der Waals surface area contributed by atoms with Crippen LogP contribution in [0, 0.1) is 6.92 Å². The Kier molecular flexibility index (Phi) is 13.7. The molecule has 1 heteroatoms. The topological polar surface area (TPSA) is 20.2 Å². The van der Waals surface area contributed by atoms with E-state index in [4.69, 9.17) is 5.11 Å². The molecule has 0 unspecified atom stereocenters. The van der Waals surface area contributed by atoms with E-state index >= 15 is 0 Å². The lowest BCUT2D eigenvalue weighted by Crippen LogP contribution is -2.10. The van der Waals surface area contributed by atoms with Crippen molar-refractivity contribution in [2.45, 2.75) is 72.8 Å². The molecule has 0 amide bonds. The number of rotatable bonds is 3. The van der Waals surface area contributed by atoms with Crippen molar-refractivity contribution in [1.29, 1.82) is 0 Å². The molecule has 0 atom stereocenters. The van der Waals surface area contributed by atoms with Gasteiger partial charge in [-0.3, -0.25) is 0 Å². The molecule has 0 aliphatic heterocycles. The van der Waals surface area contributed by atoms with Crippen LogP contribution in [0.3, 0.4) is 0 Å². The van der Waals surface area contributed by atoms with Crippen molar-refractivity contribution in [3.8, 4) is 0 Å². The van der Waals surface area contributed by atoms with Gasteiger partial charge in [0, 0.05) is 0 Å². The van der Waals surface area contributed by atoms with Crippen LogP contribution in [-0.4, -0.2) is 10.7 Å². The summed E-state index contributed by atoms with van der Waals surface area (Å²) in [5.74, 6) is 0. The second-order valence-electron chi connectivity index (χ2n) is 5.53. The van der Waals surface area contributed by atoms with E-state index in [2.05, 4.69) is 32.9 Å². The number of aliphatic hydroxyl groups is 1. The first-order valence-electron chi connectivity index (χ1n) is 7.05. The Morgan fingerprint density at radius 3 is 1.39 bits per heavy atom. The van der Waals surface area contributed by atoms with Gasteiger partial charge >= 0.3 is 0 Å². The third-order valence-electron chi connectivity index (χ3n) is 1.90. The highest BCUT2D eigenvalue weighted by atomic mass is 16.3. The van der Waals surface area contributed by atoms with E-state index in [1.807, 2.05) is 18.2 Å². The Bertz CT molecular complexity index is 236. The first kappa shape index (κ1) is 19.5.